The van der Waals surface area contributed by atoms with Gasteiger partial charge in [0.25, 0.3) is 0 Å². The predicted molar refractivity (Wildman–Crippen MR) is 84.0 cm³/mol. The zero-order valence-corrected chi connectivity index (χ0v) is 13.2. The number of nitrogens with one attached hydrogen (secondary N) is 2. The summed E-state index contributed by atoms with van der Waals surface area (Å²) >= 11 is 12.4. The van der Waals surface area contributed by atoms with Gasteiger partial charge in [0.1, 0.15) is 0 Å². The Hall–Kier alpha value is -1.52. The molecule has 1 heterocycles. The van der Waals surface area contributed by atoms with Gasteiger partial charge in [0.2, 0.25) is 5.91 Å². The van der Waals surface area contributed by atoms with Crippen molar-refractivity contribution in [3.05, 3.63) is 45.1 Å². The standard InChI is InChI=1S/C15H15Cl2N3O/c1-7-8(2)19-20-14(7)18-15(21)10-6-9(10)13-11(16)4-3-5-12(13)17/h3-5,9-10H,6H2,1-2H3,(H2,18,19,20,21)/t9-,10-/m1/s1. The number of amides is 1. The summed E-state index contributed by atoms with van der Waals surface area (Å²) in [5, 5.41) is 11.0. The molecule has 2 aromatic rings. The second-order valence-corrected chi connectivity index (χ2v) is 6.21. The summed E-state index contributed by atoms with van der Waals surface area (Å²) in [5.41, 5.74) is 2.78. The monoisotopic (exact) mass is 323 g/mol. The van der Waals surface area contributed by atoms with Crippen LogP contribution in [-0.4, -0.2) is 16.1 Å². The average molecular weight is 324 g/mol. The second kappa shape index (κ2) is 5.35. The zero-order chi connectivity index (χ0) is 15.1. The predicted octanol–water partition coefficient (Wildman–Crippen LogP) is 4.08. The highest BCUT2D eigenvalue weighted by Gasteiger charge is 2.46. The Morgan fingerprint density at radius 3 is 2.57 bits per heavy atom. The maximum absolute atomic E-state index is 12.3. The van der Waals surface area contributed by atoms with Gasteiger partial charge in [-0.3, -0.25) is 9.89 Å². The smallest absolute Gasteiger partial charge is 0.229 e. The van der Waals surface area contributed by atoms with Crippen molar-refractivity contribution in [1.82, 2.24) is 10.2 Å². The van der Waals surface area contributed by atoms with Crippen molar-refractivity contribution in [3.8, 4) is 0 Å². The minimum atomic E-state index is -0.0983. The summed E-state index contributed by atoms with van der Waals surface area (Å²) in [6, 6.07) is 5.41. The van der Waals surface area contributed by atoms with Crippen molar-refractivity contribution in [1.29, 1.82) is 0 Å². The molecule has 1 amide bonds. The minimum Gasteiger partial charge on any atom is -0.309 e. The first-order valence-electron chi connectivity index (χ1n) is 6.75. The van der Waals surface area contributed by atoms with Gasteiger partial charge in [-0.15, -0.1) is 0 Å². The molecule has 2 N–H and O–H groups in total. The van der Waals surface area contributed by atoms with Gasteiger partial charge in [-0.05, 0) is 43.9 Å². The lowest BCUT2D eigenvalue weighted by molar-refractivity contribution is -0.117. The van der Waals surface area contributed by atoms with Crippen molar-refractivity contribution in [2.75, 3.05) is 5.32 Å². The van der Waals surface area contributed by atoms with Gasteiger partial charge in [-0.2, -0.15) is 5.10 Å². The molecule has 1 fully saturated rings. The Balaban J connectivity index is 1.73. The number of aryl methyl sites for hydroxylation is 1. The number of H-pyrrole nitrogens is 1. The SMILES string of the molecule is Cc1[nH]nc(NC(=O)[C@@H]2C[C@H]2c2c(Cl)cccc2Cl)c1C. The first kappa shape index (κ1) is 14.4. The molecule has 4 nitrogen and oxygen atoms in total. The van der Waals surface area contributed by atoms with Gasteiger partial charge in [0, 0.05) is 27.2 Å². The van der Waals surface area contributed by atoms with Crippen molar-refractivity contribution in [2.24, 2.45) is 5.92 Å². The maximum atomic E-state index is 12.3. The molecule has 0 aliphatic heterocycles. The second-order valence-electron chi connectivity index (χ2n) is 5.40. The van der Waals surface area contributed by atoms with Crippen LogP contribution in [-0.2, 0) is 4.79 Å². The molecule has 2 atom stereocenters. The summed E-state index contributed by atoms with van der Waals surface area (Å²) in [7, 11) is 0. The number of anilines is 1. The van der Waals surface area contributed by atoms with E-state index in [9.17, 15) is 4.79 Å². The van der Waals surface area contributed by atoms with E-state index in [1.807, 2.05) is 19.9 Å². The molecule has 0 unspecified atom stereocenters. The summed E-state index contributed by atoms with van der Waals surface area (Å²) in [6.45, 7) is 3.84. The Morgan fingerprint density at radius 1 is 1.33 bits per heavy atom. The number of rotatable bonds is 3. The highest BCUT2D eigenvalue weighted by Crippen LogP contribution is 2.52. The fourth-order valence-electron chi connectivity index (χ4n) is 2.48. The van der Waals surface area contributed by atoms with E-state index in [1.54, 1.807) is 12.1 Å². The zero-order valence-electron chi connectivity index (χ0n) is 11.7. The van der Waals surface area contributed by atoms with Crippen LogP contribution in [0.4, 0.5) is 5.82 Å². The van der Waals surface area contributed by atoms with E-state index in [1.165, 1.54) is 0 Å². The molecule has 1 aromatic heterocycles. The Morgan fingerprint density at radius 2 is 2.00 bits per heavy atom. The van der Waals surface area contributed by atoms with E-state index in [4.69, 9.17) is 23.2 Å². The van der Waals surface area contributed by atoms with Gasteiger partial charge in [-0.1, -0.05) is 29.3 Å². The van der Waals surface area contributed by atoms with Crippen LogP contribution >= 0.6 is 23.2 Å². The van der Waals surface area contributed by atoms with Crippen LogP contribution in [0, 0.1) is 19.8 Å². The fourth-order valence-corrected chi connectivity index (χ4v) is 3.16. The molecule has 0 saturated heterocycles. The molecule has 1 aliphatic rings. The maximum Gasteiger partial charge on any atom is 0.229 e. The number of nitrogens with zero attached hydrogens (tertiary/aromatic N) is 1. The lowest BCUT2D eigenvalue weighted by Crippen LogP contribution is -2.15. The van der Waals surface area contributed by atoms with Crippen LogP contribution in [0.25, 0.3) is 0 Å². The Labute approximate surface area is 132 Å². The van der Waals surface area contributed by atoms with Crippen molar-refractivity contribution >= 4 is 34.9 Å². The third-order valence-electron chi connectivity index (χ3n) is 3.99. The summed E-state index contributed by atoms with van der Waals surface area (Å²) in [4.78, 5) is 12.3. The summed E-state index contributed by atoms with van der Waals surface area (Å²) in [5.74, 6) is 0.546. The third kappa shape index (κ3) is 2.65. The van der Waals surface area contributed by atoms with Crippen LogP contribution in [0.3, 0.4) is 0 Å². The number of aromatic nitrogens is 2. The molecule has 6 heteroatoms. The van der Waals surface area contributed by atoms with Crippen LogP contribution in [0.15, 0.2) is 18.2 Å². The Bertz CT molecular complexity index is 691. The topological polar surface area (TPSA) is 57.8 Å². The third-order valence-corrected chi connectivity index (χ3v) is 4.65. The van der Waals surface area contributed by atoms with Gasteiger partial charge >= 0.3 is 0 Å². The van der Waals surface area contributed by atoms with E-state index in [-0.39, 0.29) is 17.7 Å². The number of carbonyl (C=O) groups excluding carboxylic acids is 1. The number of hydrogen-bond acceptors (Lipinski definition) is 2. The van der Waals surface area contributed by atoms with Gasteiger partial charge in [0.15, 0.2) is 5.82 Å². The number of hydrogen-bond donors (Lipinski definition) is 2. The number of carbonyl (C=O) groups is 1. The number of halogens is 2. The highest BCUT2D eigenvalue weighted by atomic mass is 35.5. The van der Waals surface area contributed by atoms with Crippen LogP contribution in [0.2, 0.25) is 10.0 Å². The molecule has 1 aliphatic carbocycles. The molecule has 21 heavy (non-hydrogen) atoms. The number of benzene rings is 1. The molecule has 1 saturated carbocycles. The molecular formula is C15H15Cl2N3O. The number of aromatic amines is 1. The first-order chi connectivity index (χ1) is 9.99. The summed E-state index contributed by atoms with van der Waals surface area (Å²) < 4.78 is 0. The molecule has 0 bridgehead atoms. The summed E-state index contributed by atoms with van der Waals surface area (Å²) in [6.07, 6.45) is 0.762. The fraction of sp³-hybridized carbons (Fsp3) is 0.333. The lowest BCUT2D eigenvalue weighted by atomic mass is 10.1. The minimum absolute atomic E-state index is 0.0365. The van der Waals surface area contributed by atoms with Crippen LogP contribution in [0.1, 0.15) is 29.2 Å². The molecule has 3 rings (SSSR count). The normalized spacial score (nSPS) is 20.4. The van der Waals surface area contributed by atoms with E-state index >= 15 is 0 Å². The molecule has 1 aromatic carbocycles. The van der Waals surface area contributed by atoms with Crippen molar-refractivity contribution in [3.63, 3.8) is 0 Å². The van der Waals surface area contributed by atoms with E-state index < -0.39 is 0 Å². The van der Waals surface area contributed by atoms with E-state index in [2.05, 4.69) is 15.5 Å². The van der Waals surface area contributed by atoms with Gasteiger partial charge in [-0.25, -0.2) is 0 Å². The lowest BCUT2D eigenvalue weighted by Gasteiger charge is -2.06. The van der Waals surface area contributed by atoms with Crippen molar-refractivity contribution in [2.45, 2.75) is 26.2 Å². The first-order valence-corrected chi connectivity index (χ1v) is 7.51. The molecule has 0 spiro atoms. The van der Waals surface area contributed by atoms with Crippen LogP contribution in [0.5, 0.6) is 0 Å². The van der Waals surface area contributed by atoms with Gasteiger partial charge < -0.3 is 5.32 Å². The average Bonchev–Trinajstić information content (AvgIpc) is 3.16. The van der Waals surface area contributed by atoms with Crippen LogP contribution < -0.4 is 5.32 Å². The molecular weight excluding hydrogens is 309 g/mol. The molecule has 0 radical (unpaired) electrons. The van der Waals surface area contributed by atoms with E-state index in [0.717, 1.165) is 23.2 Å². The Kier molecular flexibility index (Phi) is 3.68. The highest BCUT2D eigenvalue weighted by molar-refractivity contribution is 6.36. The van der Waals surface area contributed by atoms with Crippen molar-refractivity contribution < 1.29 is 4.79 Å². The quantitative estimate of drug-likeness (QED) is 0.894. The van der Waals surface area contributed by atoms with Gasteiger partial charge in [0.05, 0.1) is 0 Å². The van der Waals surface area contributed by atoms with E-state index in [0.29, 0.717) is 15.9 Å². The largest absolute Gasteiger partial charge is 0.309 e. The molecule has 110 valence electrons.